The first-order valence-corrected chi connectivity index (χ1v) is 9.56. The Morgan fingerprint density at radius 2 is 2.08 bits per heavy atom. The minimum absolute atomic E-state index is 0.0903. The van der Waals surface area contributed by atoms with Crippen LogP contribution in [0, 0.1) is 5.92 Å². The number of nitrogens with zero attached hydrogens (tertiary/aromatic N) is 2. The molecule has 1 amide bonds. The topological polar surface area (TPSA) is 73.2 Å². The lowest BCUT2D eigenvalue weighted by atomic mass is 9.75. The van der Waals surface area contributed by atoms with Gasteiger partial charge >= 0.3 is 5.97 Å². The third-order valence-corrected chi connectivity index (χ3v) is 5.81. The zero-order valence-corrected chi connectivity index (χ0v) is 15.2. The lowest BCUT2D eigenvalue weighted by molar-refractivity contribution is -0.153. The SMILES string of the molecule is CCn1c(CNC(=O)C2CC(=O)OC23CCCCC3)nc2ccccc21. The number of para-hydroxylation sites is 2. The van der Waals surface area contributed by atoms with Gasteiger partial charge in [-0.15, -0.1) is 0 Å². The highest BCUT2D eigenvalue weighted by molar-refractivity contribution is 5.88. The maximum atomic E-state index is 12.9. The van der Waals surface area contributed by atoms with E-state index in [1.807, 2.05) is 24.3 Å². The Labute approximate surface area is 152 Å². The summed E-state index contributed by atoms with van der Waals surface area (Å²) in [5, 5.41) is 3.01. The molecule has 6 nitrogen and oxygen atoms in total. The number of carbonyl (C=O) groups excluding carboxylic acids is 2. The largest absolute Gasteiger partial charge is 0.458 e. The Morgan fingerprint density at radius 3 is 2.85 bits per heavy atom. The first-order chi connectivity index (χ1) is 12.6. The van der Waals surface area contributed by atoms with Crippen LogP contribution in [0.25, 0.3) is 11.0 Å². The molecule has 138 valence electrons. The van der Waals surface area contributed by atoms with E-state index in [1.165, 1.54) is 0 Å². The average molecular weight is 355 g/mol. The van der Waals surface area contributed by atoms with Gasteiger partial charge in [-0.2, -0.15) is 0 Å². The van der Waals surface area contributed by atoms with Crippen molar-refractivity contribution in [3.8, 4) is 0 Å². The summed E-state index contributed by atoms with van der Waals surface area (Å²) in [6.45, 7) is 3.22. The lowest BCUT2D eigenvalue weighted by Crippen LogP contribution is -2.45. The van der Waals surface area contributed by atoms with E-state index in [0.29, 0.717) is 6.54 Å². The monoisotopic (exact) mass is 355 g/mol. The molecule has 1 N–H and O–H groups in total. The van der Waals surface area contributed by atoms with Gasteiger partial charge in [0.15, 0.2) is 0 Å². The van der Waals surface area contributed by atoms with E-state index in [9.17, 15) is 9.59 Å². The maximum absolute atomic E-state index is 12.9. The molecule has 1 aromatic carbocycles. The molecule has 4 rings (SSSR count). The van der Waals surface area contributed by atoms with Crippen molar-refractivity contribution >= 4 is 22.9 Å². The molecule has 1 aliphatic heterocycles. The first kappa shape index (κ1) is 17.1. The van der Waals surface area contributed by atoms with Crippen LogP contribution < -0.4 is 5.32 Å². The van der Waals surface area contributed by atoms with Crippen LogP contribution in [0.4, 0.5) is 0 Å². The number of hydrogen-bond acceptors (Lipinski definition) is 4. The van der Waals surface area contributed by atoms with Gasteiger partial charge in [0.25, 0.3) is 0 Å². The third-order valence-electron chi connectivity index (χ3n) is 5.81. The second kappa shape index (κ2) is 6.74. The Balaban J connectivity index is 1.51. The Bertz CT molecular complexity index is 836. The van der Waals surface area contributed by atoms with Gasteiger partial charge in [-0.3, -0.25) is 9.59 Å². The van der Waals surface area contributed by atoms with Gasteiger partial charge in [0.05, 0.1) is 29.9 Å². The number of fused-ring (bicyclic) bond motifs is 1. The van der Waals surface area contributed by atoms with Crippen molar-refractivity contribution in [2.45, 2.75) is 64.1 Å². The van der Waals surface area contributed by atoms with Crippen molar-refractivity contribution in [3.05, 3.63) is 30.1 Å². The fraction of sp³-hybridized carbons (Fsp3) is 0.550. The number of benzene rings is 1. The first-order valence-electron chi connectivity index (χ1n) is 9.56. The number of rotatable bonds is 4. The molecule has 2 fully saturated rings. The number of hydrogen-bond donors (Lipinski definition) is 1. The second-order valence-electron chi connectivity index (χ2n) is 7.34. The van der Waals surface area contributed by atoms with Gasteiger partial charge in [0.2, 0.25) is 5.91 Å². The zero-order valence-electron chi connectivity index (χ0n) is 15.2. The Kier molecular flexibility index (Phi) is 4.42. The molecule has 1 saturated heterocycles. The molecule has 2 aromatic rings. The van der Waals surface area contributed by atoms with Crippen molar-refractivity contribution in [1.29, 1.82) is 0 Å². The number of amides is 1. The average Bonchev–Trinajstić information content (AvgIpc) is 3.17. The maximum Gasteiger partial charge on any atom is 0.307 e. The van der Waals surface area contributed by atoms with E-state index in [1.54, 1.807) is 0 Å². The molecule has 1 aliphatic carbocycles. The molecule has 26 heavy (non-hydrogen) atoms. The fourth-order valence-corrected chi connectivity index (χ4v) is 4.53. The van der Waals surface area contributed by atoms with Crippen LogP contribution in [0.2, 0.25) is 0 Å². The van der Waals surface area contributed by atoms with Crippen LogP contribution in [0.1, 0.15) is 51.3 Å². The van der Waals surface area contributed by atoms with Crippen molar-refractivity contribution in [3.63, 3.8) is 0 Å². The molecule has 2 aliphatic rings. The molecule has 1 spiro atoms. The van der Waals surface area contributed by atoms with Crippen LogP contribution >= 0.6 is 0 Å². The third kappa shape index (κ3) is 2.87. The quantitative estimate of drug-likeness (QED) is 0.856. The number of ether oxygens (including phenoxy) is 1. The molecule has 1 unspecified atom stereocenters. The van der Waals surface area contributed by atoms with Crippen molar-refractivity contribution < 1.29 is 14.3 Å². The lowest BCUT2D eigenvalue weighted by Gasteiger charge is -2.36. The van der Waals surface area contributed by atoms with Crippen LogP contribution in [-0.4, -0.2) is 27.0 Å². The number of imidazole rings is 1. The summed E-state index contributed by atoms with van der Waals surface area (Å²) in [5.74, 6) is 0.125. The summed E-state index contributed by atoms with van der Waals surface area (Å²) in [4.78, 5) is 29.4. The van der Waals surface area contributed by atoms with E-state index in [0.717, 1.165) is 55.5 Å². The van der Waals surface area contributed by atoms with Crippen LogP contribution in [0.3, 0.4) is 0 Å². The summed E-state index contributed by atoms with van der Waals surface area (Å²) >= 11 is 0. The van der Waals surface area contributed by atoms with E-state index in [2.05, 4.69) is 21.8 Å². The second-order valence-corrected chi connectivity index (χ2v) is 7.34. The molecular weight excluding hydrogens is 330 g/mol. The molecule has 2 heterocycles. The van der Waals surface area contributed by atoms with Crippen LogP contribution in [0.15, 0.2) is 24.3 Å². The summed E-state index contributed by atoms with van der Waals surface area (Å²) in [7, 11) is 0. The van der Waals surface area contributed by atoms with Crippen LogP contribution in [0.5, 0.6) is 0 Å². The van der Waals surface area contributed by atoms with Gasteiger partial charge in [-0.25, -0.2) is 4.98 Å². The number of carbonyl (C=O) groups is 2. The van der Waals surface area contributed by atoms with E-state index in [4.69, 9.17) is 4.74 Å². The molecule has 6 heteroatoms. The van der Waals surface area contributed by atoms with E-state index < -0.39 is 5.60 Å². The van der Waals surface area contributed by atoms with Crippen LogP contribution in [-0.2, 0) is 27.4 Å². The minimum Gasteiger partial charge on any atom is -0.458 e. The smallest absolute Gasteiger partial charge is 0.307 e. The highest BCUT2D eigenvalue weighted by Crippen LogP contribution is 2.44. The summed E-state index contributed by atoms with van der Waals surface area (Å²) in [6.07, 6.45) is 4.96. The zero-order chi connectivity index (χ0) is 18.1. The predicted molar refractivity (Wildman–Crippen MR) is 97.3 cm³/mol. The van der Waals surface area contributed by atoms with Gasteiger partial charge in [0, 0.05) is 6.54 Å². The van der Waals surface area contributed by atoms with Crippen molar-refractivity contribution in [2.75, 3.05) is 0 Å². The van der Waals surface area contributed by atoms with Gasteiger partial charge in [-0.05, 0) is 44.7 Å². The number of aromatic nitrogens is 2. The Morgan fingerprint density at radius 1 is 1.31 bits per heavy atom. The van der Waals surface area contributed by atoms with E-state index in [-0.39, 0.29) is 24.2 Å². The molecule has 0 radical (unpaired) electrons. The van der Waals surface area contributed by atoms with Gasteiger partial charge < -0.3 is 14.6 Å². The summed E-state index contributed by atoms with van der Waals surface area (Å²) in [6, 6.07) is 7.98. The standard InChI is InChI=1S/C20H25N3O3/c1-2-23-16-9-5-4-8-15(16)22-17(23)13-21-19(25)14-12-18(24)26-20(14)10-6-3-7-11-20/h4-5,8-9,14H,2-3,6-7,10-13H2,1H3,(H,21,25). The number of aryl methyl sites for hydroxylation is 1. The highest BCUT2D eigenvalue weighted by Gasteiger charge is 2.52. The van der Waals surface area contributed by atoms with E-state index >= 15 is 0 Å². The predicted octanol–water partition coefficient (Wildman–Crippen LogP) is 2.94. The van der Waals surface area contributed by atoms with Crippen molar-refractivity contribution in [1.82, 2.24) is 14.9 Å². The summed E-state index contributed by atoms with van der Waals surface area (Å²) < 4.78 is 7.76. The molecular formula is C20H25N3O3. The number of esters is 1. The molecule has 1 aromatic heterocycles. The molecule has 1 saturated carbocycles. The molecule has 0 bridgehead atoms. The van der Waals surface area contributed by atoms with Crippen molar-refractivity contribution in [2.24, 2.45) is 5.92 Å². The molecule has 1 atom stereocenters. The fourth-order valence-electron chi connectivity index (χ4n) is 4.53. The highest BCUT2D eigenvalue weighted by atomic mass is 16.6. The van der Waals surface area contributed by atoms with Gasteiger partial charge in [-0.1, -0.05) is 18.6 Å². The minimum atomic E-state index is -0.579. The summed E-state index contributed by atoms with van der Waals surface area (Å²) in [5.41, 5.74) is 1.42. The normalized spacial score (nSPS) is 21.9. The van der Waals surface area contributed by atoms with Gasteiger partial charge in [0.1, 0.15) is 11.4 Å². The Hall–Kier alpha value is -2.37. The number of nitrogens with one attached hydrogen (secondary N) is 1.